The maximum absolute atomic E-state index is 10.8. The third kappa shape index (κ3) is 1.85. The average molecular weight is 219 g/mol. The minimum atomic E-state index is -0.782. The first kappa shape index (κ1) is 10.9. The topological polar surface area (TPSA) is 62.5 Å². The summed E-state index contributed by atoms with van der Waals surface area (Å²) in [6.07, 6.45) is 1.83. The number of rotatable bonds is 4. The quantitative estimate of drug-likeness (QED) is 0.748. The molecule has 16 heavy (non-hydrogen) atoms. The molecule has 1 unspecified atom stereocenters. The molecule has 4 nitrogen and oxygen atoms in total. The molecule has 4 heteroatoms. The van der Waals surface area contributed by atoms with E-state index in [9.17, 15) is 9.90 Å². The number of carbonyl (C=O) groups is 1. The molecular weight excluding hydrogens is 206 g/mol. The molecule has 84 valence electrons. The molecular formula is C12H13NO3. The van der Waals surface area contributed by atoms with E-state index in [0.717, 1.165) is 17.2 Å². The summed E-state index contributed by atoms with van der Waals surface area (Å²) in [5, 5.41) is 19.0. The smallest absolute Gasteiger partial charge is 0.150 e. The van der Waals surface area contributed by atoms with Gasteiger partial charge in [-0.1, -0.05) is 12.1 Å². The SMILES string of the molecule is O=Cc1cccc2c1ccn2CC(O)CO. The highest BCUT2D eigenvalue weighted by molar-refractivity contribution is 5.97. The molecule has 1 aromatic carbocycles. The third-order valence-electron chi connectivity index (χ3n) is 2.59. The summed E-state index contributed by atoms with van der Waals surface area (Å²) in [7, 11) is 0. The Morgan fingerprint density at radius 1 is 1.38 bits per heavy atom. The molecule has 0 spiro atoms. The second-order valence-electron chi connectivity index (χ2n) is 3.70. The normalized spacial score (nSPS) is 12.9. The number of aldehydes is 1. The highest BCUT2D eigenvalue weighted by atomic mass is 16.3. The Hall–Kier alpha value is -1.65. The molecule has 2 aromatic rings. The Labute approximate surface area is 92.7 Å². The van der Waals surface area contributed by atoms with Crippen LogP contribution < -0.4 is 0 Å². The fraction of sp³-hybridized carbons (Fsp3) is 0.250. The third-order valence-corrected chi connectivity index (χ3v) is 2.59. The molecule has 0 amide bonds. The van der Waals surface area contributed by atoms with Gasteiger partial charge in [0.1, 0.15) is 0 Å². The fourth-order valence-corrected chi connectivity index (χ4v) is 1.79. The van der Waals surface area contributed by atoms with Crippen LogP contribution >= 0.6 is 0 Å². The lowest BCUT2D eigenvalue weighted by molar-refractivity contribution is 0.0822. The summed E-state index contributed by atoms with van der Waals surface area (Å²) in [5.74, 6) is 0. The number of aromatic nitrogens is 1. The second kappa shape index (κ2) is 4.47. The van der Waals surface area contributed by atoms with Gasteiger partial charge in [-0.3, -0.25) is 4.79 Å². The zero-order valence-corrected chi connectivity index (χ0v) is 8.71. The van der Waals surface area contributed by atoms with Gasteiger partial charge >= 0.3 is 0 Å². The van der Waals surface area contributed by atoms with Crippen molar-refractivity contribution in [3.63, 3.8) is 0 Å². The molecule has 0 bridgehead atoms. The van der Waals surface area contributed by atoms with Crippen molar-refractivity contribution >= 4 is 17.2 Å². The van der Waals surface area contributed by atoms with Crippen molar-refractivity contribution in [2.45, 2.75) is 12.6 Å². The Balaban J connectivity index is 2.45. The van der Waals surface area contributed by atoms with E-state index < -0.39 is 6.10 Å². The van der Waals surface area contributed by atoms with E-state index in [0.29, 0.717) is 12.1 Å². The van der Waals surface area contributed by atoms with Gasteiger partial charge in [-0.2, -0.15) is 0 Å². The van der Waals surface area contributed by atoms with Gasteiger partial charge in [0.05, 0.1) is 19.3 Å². The monoisotopic (exact) mass is 219 g/mol. The van der Waals surface area contributed by atoms with Gasteiger partial charge < -0.3 is 14.8 Å². The van der Waals surface area contributed by atoms with Crippen LogP contribution in [0.1, 0.15) is 10.4 Å². The second-order valence-corrected chi connectivity index (χ2v) is 3.70. The Morgan fingerprint density at radius 3 is 2.88 bits per heavy atom. The van der Waals surface area contributed by atoms with E-state index in [1.165, 1.54) is 0 Å². The fourth-order valence-electron chi connectivity index (χ4n) is 1.79. The van der Waals surface area contributed by atoms with Crippen LogP contribution in [0, 0.1) is 0 Å². The number of fused-ring (bicyclic) bond motifs is 1. The summed E-state index contributed by atoms with van der Waals surface area (Å²) < 4.78 is 1.82. The largest absolute Gasteiger partial charge is 0.394 e. The number of nitrogens with zero attached hydrogens (tertiary/aromatic N) is 1. The summed E-state index contributed by atoms with van der Waals surface area (Å²) in [6, 6.07) is 7.27. The summed E-state index contributed by atoms with van der Waals surface area (Å²) in [4.78, 5) is 10.8. The summed E-state index contributed by atoms with van der Waals surface area (Å²) >= 11 is 0. The highest BCUT2D eigenvalue weighted by Gasteiger charge is 2.08. The van der Waals surface area contributed by atoms with Crippen LogP contribution in [0.4, 0.5) is 0 Å². The molecule has 1 atom stereocenters. The maximum atomic E-state index is 10.8. The van der Waals surface area contributed by atoms with Gasteiger partial charge in [0.2, 0.25) is 0 Å². The number of aliphatic hydroxyl groups excluding tert-OH is 2. The van der Waals surface area contributed by atoms with Gasteiger partial charge in [0.15, 0.2) is 6.29 Å². The van der Waals surface area contributed by atoms with Crippen molar-refractivity contribution in [1.29, 1.82) is 0 Å². The first-order valence-corrected chi connectivity index (χ1v) is 5.08. The molecule has 2 N–H and O–H groups in total. The van der Waals surface area contributed by atoms with Crippen LogP contribution in [0.2, 0.25) is 0 Å². The highest BCUT2D eigenvalue weighted by Crippen LogP contribution is 2.19. The zero-order valence-electron chi connectivity index (χ0n) is 8.71. The van der Waals surface area contributed by atoms with Crippen LogP contribution in [-0.4, -0.2) is 33.8 Å². The van der Waals surface area contributed by atoms with E-state index in [4.69, 9.17) is 5.11 Å². The predicted octanol–water partition coefficient (Wildman–Crippen LogP) is 0.807. The first-order chi connectivity index (χ1) is 7.76. The average Bonchev–Trinajstić information content (AvgIpc) is 2.72. The zero-order chi connectivity index (χ0) is 11.5. The van der Waals surface area contributed by atoms with E-state index in [1.807, 2.05) is 16.7 Å². The maximum Gasteiger partial charge on any atom is 0.150 e. The first-order valence-electron chi connectivity index (χ1n) is 5.08. The molecule has 2 rings (SSSR count). The minimum Gasteiger partial charge on any atom is -0.394 e. The van der Waals surface area contributed by atoms with Crippen molar-refractivity contribution in [3.8, 4) is 0 Å². The van der Waals surface area contributed by atoms with Crippen LogP contribution in [0.3, 0.4) is 0 Å². The van der Waals surface area contributed by atoms with Crippen molar-refractivity contribution < 1.29 is 15.0 Å². The molecule has 0 saturated heterocycles. The van der Waals surface area contributed by atoms with E-state index in [-0.39, 0.29) is 6.61 Å². The molecule has 0 aliphatic rings. The van der Waals surface area contributed by atoms with Crippen molar-refractivity contribution in [1.82, 2.24) is 4.57 Å². The molecule has 0 aliphatic heterocycles. The Morgan fingerprint density at radius 2 is 2.19 bits per heavy atom. The molecule has 1 aromatic heterocycles. The molecule has 1 heterocycles. The van der Waals surface area contributed by atoms with E-state index >= 15 is 0 Å². The molecule has 0 saturated carbocycles. The number of aliphatic hydroxyl groups is 2. The van der Waals surface area contributed by atoms with Gasteiger partial charge in [-0.05, 0) is 12.1 Å². The van der Waals surface area contributed by atoms with Crippen LogP contribution in [0.25, 0.3) is 10.9 Å². The Bertz CT molecular complexity index is 504. The van der Waals surface area contributed by atoms with Crippen LogP contribution in [0.15, 0.2) is 30.5 Å². The number of benzene rings is 1. The molecule has 0 fully saturated rings. The summed E-state index contributed by atoms with van der Waals surface area (Å²) in [6.45, 7) is 0.0509. The molecule has 0 radical (unpaired) electrons. The van der Waals surface area contributed by atoms with E-state index in [2.05, 4.69) is 0 Å². The van der Waals surface area contributed by atoms with Crippen molar-refractivity contribution in [3.05, 3.63) is 36.0 Å². The lowest BCUT2D eigenvalue weighted by Crippen LogP contribution is -2.19. The minimum absolute atomic E-state index is 0.271. The lowest BCUT2D eigenvalue weighted by Gasteiger charge is -2.09. The van der Waals surface area contributed by atoms with Crippen molar-refractivity contribution in [2.75, 3.05) is 6.61 Å². The van der Waals surface area contributed by atoms with Gasteiger partial charge in [0, 0.05) is 22.7 Å². The standard InChI is InChI=1S/C12H13NO3/c14-7-9-2-1-3-12-11(9)4-5-13(12)6-10(16)8-15/h1-5,7,10,15-16H,6,8H2. The Kier molecular flexibility index (Phi) is 3.03. The number of hydrogen-bond donors (Lipinski definition) is 2. The number of carbonyl (C=O) groups excluding carboxylic acids is 1. The van der Waals surface area contributed by atoms with Crippen LogP contribution in [-0.2, 0) is 6.54 Å². The van der Waals surface area contributed by atoms with Gasteiger partial charge in [0.25, 0.3) is 0 Å². The lowest BCUT2D eigenvalue weighted by atomic mass is 10.1. The predicted molar refractivity (Wildman–Crippen MR) is 60.4 cm³/mol. The van der Waals surface area contributed by atoms with Gasteiger partial charge in [-0.25, -0.2) is 0 Å². The number of hydrogen-bond acceptors (Lipinski definition) is 3. The van der Waals surface area contributed by atoms with E-state index in [1.54, 1.807) is 18.3 Å². The molecule has 0 aliphatic carbocycles. The van der Waals surface area contributed by atoms with Crippen molar-refractivity contribution in [2.24, 2.45) is 0 Å². The van der Waals surface area contributed by atoms with Gasteiger partial charge in [-0.15, -0.1) is 0 Å². The van der Waals surface area contributed by atoms with Crippen LogP contribution in [0.5, 0.6) is 0 Å². The summed E-state index contributed by atoms with van der Waals surface area (Å²) in [5.41, 5.74) is 1.52.